The van der Waals surface area contributed by atoms with Gasteiger partial charge in [-0.25, -0.2) is 0 Å². The van der Waals surface area contributed by atoms with Crippen LogP contribution in [0.3, 0.4) is 0 Å². The summed E-state index contributed by atoms with van der Waals surface area (Å²) in [6, 6.07) is 11.7. The van der Waals surface area contributed by atoms with Gasteiger partial charge in [0.25, 0.3) is 5.91 Å². The van der Waals surface area contributed by atoms with Crippen LogP contribution in [0.4, 0.5) is 0 Å². The number of nitrogens with one attached hydrogen (secondary N) is 1. The summed E-state index contributed by atoms with van der Waals surface area (Å²) in [5, 5.41) is 12.7. The lowest BCUT2D eigenvalue weighted by Crippen LogP contribution is -2.55. The first-order valence-corrected chi connectivity index (χ1v) is 10.4. The summed E-state index contributed by atoms with van der Waals surface area (Å²) in [6.07, 6.45) is 2.58. The molecule has 0 spiro atoms. The van der Waals surface area contributed by atoms with Gasteiger partial charge in [-0.2, -0.15) is 0 Å². The molecule has 0 radical (unpaired) electrons. The van der Waals surface area contributed by atoms with Crippen LogP contribution in [-0.4, -0.2) is 52.1 Å². The summed E-state index contributed by atoms with van der Waals surface area (Å²) in [7, 11) is 0. The molecule has 2 amide bonds. The van der Waals surface area contributed by atoms with E-state index >= 15 is 0 Å². The van der Waals surface area contributed by atoms with Crippen molar-refractivity contribution in [1.29, 1.82) is 0 Å². The smallest absolute Gasteiger partial charge is 0.253 e. The molecule has 1 aromatic heterocycles. The first kappa shape index (κ1) is 19.7. The summed E-state index contributed by atoms with van der Waals surface area (Å²) in [4.78, 5) is 27.0. The quantitative estimate of drug-likeness (QED) is 0.817. The zero-order chi connectivity index (χ0) is 20.5. The van der Waals surface area contributed by atoms with Crippen LogP contribution in [0.5, 0.6) is 0 Å². The van der Waals surface area contributed by atoms with Crippen LogP contribution >= 0.6 is 0 Å². The lowest BCUT2D eigenvalue weighted by Gasteiger charge is -2.38. The van der Waals surface area contributed by atoms with E-state index in [4.69, 9.17) is 0 Å². The number of rotatable bonds is 5. The van der Waals surface area contributed by atoms with Gasteiger partial charge in [0.1, 0.15) is 0 Å². The van der Waals surface area contributed by atoms with Gasteiger partial charge in [-0.15, -0.1) is 0 Å². The number of piperidine rings is 1. The van der Waals surface area contributed by atoms with Crippen LogP contribution in [0.1, 0.15) is 41.0 Å². The molecule has 2 atom stereocenters. The molecular formula is C23H29N3O3. The van der Waals surface area contributed by atoms with Crippen molar-refractivity contribution in [3.05, 3.63) is 53.3 Å². The molecule has 2 heterocycles. The van der Waals surface area contributed by atoms with Gasteiger partial charge < -0.3 is 19.9 Å². The number of hydrogen-bond donors (Lipinski definition) is 2. The summed E-state index contributed by atoms with van der Waals surface area (Å²) in [5.41, 5.74) is 3.99. The molecule has 1 saturated heterocycles. The Labute approximate surface area is 171 Å². The van der Waals surface area contributed by atoms with Crippen molar-refractivity contribution in [3.63, 3.8) is 0 Å². The van der Waals surface area contributed by atoms with E-state index in [1.54, 1.807) is 4.90 Å². The van der Waals surface area contributed by atoms with Crippen LogP contribution in [0.15, 0.2) is 36.4 Å². The van der Waals surface area contributed by atoms with Gasteiger partial charge in [0.15, 0.2) is 0 Å². The van der Waals surface area contributed by atoms with E-state index in [0.717, 1.165) is 29.9 Å². The minimum atomic E-state index is -0.185. The molecule has 1 saturated carbocycles. The Morgan fingerprint density at radius 1 is 1.03 bits per heavy atom. The third kappa shape index (κ3) is 4.08. The average Bonchev–Trinajstić information content (AvgIpc) is 3.53. The monoisotopic (exact) mass is 395 g/mol. The first-order chi connectivity index (χ1) is 14.0. The van der Waals surface area contributed by atoms with Crippen molar-refractivity contribution in [3.8, 4) is 5.69 Å². The summed E-state index contributed by atoms with van der Waals surface area (Å²) >= 11 is 0. The molecule has 2 fully saturated rings. The van der Waals surface area contributed by atoms with Crippen LogP contribution < -0.4 is 5.32 Å². The Bertz CT molecular complexity index is 879. The molecule has 2 aliphatic rings. The Morgan fingerprint density at radius 2 is 1.69 bits per heavy atom. The van der Waals surface area contributed by atoms with E-state index in [9.17, 15) is 14.7 Å². The third-order valence-electron chi connectivity index (χ3n) is 6.20. The number of aliphatic hydroxyl groups excluding tert-OH is 1. The number of aromatic nitrogens is 1. The zero-order valence-corrected chi connectivity index (χ0v) is 17.1. The molecule has 6 nitrogen and oxygen atoms in total. The third-order valence-corrected chi connectivity index (χ3v) is 6.20. The fraction of sp³-hybridized carbons (Fsp3) is 0.478. The van der Waals surface area contributed by atoms with Gasteiger partial charge >= 0.3 is 0 Å². The summed E-state index contributed by atoms with van der Waals surface area (Å²) in [6.45, 7) is 5.19. The Balaban J connectivity index is 1.46. The highest BCUT2D eigenvalue weighted by Gasteiger charge is 2.36. The topological polar surface area (TPSA) is 74.6 Å². The Morgan fingerprint density at radius 3 is 2.28 bits per heavy atom. The van der Waals surface area contributed by atoms with E-state index in [0.29, 0.717) is 25.1 Å². The number of hydrogen-bond acceptors (Lipinski definition) is 3. The molecule has 6 heteroatoms. The number of aryl methyl sites for hydroxylation is 2. The fourth-order valence-electron chi connectivity index (χ4n) is 4.22. The molecule has 2 N–H and O–H groups in total. The van der Waals surface area contributed by atoms with Gasteiger partial charge in [0.2, 0.25) is 5.91 Å². The number of amides is 2. The normalized spacial score (nSPS) is 21.8. The molecule has 4 rings (SSSR count). The standard InChI is InChI=1S/C23H29N3O3/c1-15-3-4-16(2)26(15)20-9-7-18(8-10-20)23(29)25-12-11-19(14-27)21(13-25)24-22(28)17-5-6-17/h3-4,7-10,17,19,21,27H,5-6,11-14H2,1-2H3,(H,24,28)/t19-,21-/m1/s1. The van der Waals surface area contributed by atoms with E-state index in [1.165, 1.54) is 0 Å². The fourth-order valence-corrected chi connectivity index (χ4v) is 4.22. The van der Waals surface area contributed by atoms with Gasteiger partial charge in [-0.1, -0.05) is 0 Å². The summed E-state index contributed by atoms with van der Waals surface area (Å²) < 4.78 is 2.16. The van der Waals surface area contributed by atoms with Crippen molar-refractivity contribution in [2.75, 3.05) is 19.7 Å². The van der Waals surface area contributed by atoms with E-state index < -0.39 is 0 Å². The molecule has 1 aliphatic heterocycles. The number of carbonyl (C=O) groups excluding carboxylic acids is 2. The molecule has 0 unspecified atom stereocenters. The van der Waals surface area contributed by atoms with E-state index in [-0.39, 0.29) is 36.3 Å². The summed E-state index contributed by atoms with van der Waals surface area (Å²) in [5.74, 6) is 0.154. The van der Waals surface area contributed by atoms with Crippen molar-refractivity contribution in [2.24, 2.45) is 11.8 Å². The second-order valence-electron chi connectivity index (χ2n) is 8.37. The highest BCUT2D eigenvalue weighted by Crippen LogP contribution is 2.30. The molecule has 29 heavy (non-hydrogen) atoms. The lowest BCUT2D eigenvalue weighted by molar-refractivity contribution is -0.123. The van der Waals surface area contributed by atoms with Crippen molar-refractivity contribution >= 4 is 11.8 Å². The predicted octanol–water partition coefficient (Wildman–Crippen LogP) is 2.44. The highest BCUT2D eigenvalue weighted by atomic mass is 16.3. The molecule has 1 aliphatic carbocycles. The Hall–Kier alpha value is -2.60. The molecule has 1 aromatic carbocycles. The van der Waals surface area contributed by atoms with Gasteiger partial charge in [0, 0.05) is 54.2 Å². The van der Waals surface area contributed by atoms with Crippen molar-refractivity contribution < 1.29 is 14.7 Å². The van der Waals surface area contributed by atoms with Crippen LogP contribution in [0.25, 0.3) is 5.69 Å². The maximum Gasteiger partial charge on any atom is 0.253 e. The van der Waals surface area contributed by atoms with Crippen LogP contribution in [0, 0.1) is 25.7 Å². The lowest BCUT2D eigenvalue weighted by atomic mass is 9.91. The molecular weight excluding hydrogens is 366 g/mol. The van der Waals surface area contributed by atoms with Crippen molar-refractivity contribution in [1.82, 2.24) is 14.8 Å². The largest absolute Gasteiger partial charge is 0.396 e. The Kier molecular flexibility index (Phi) is 5.46. The highest BCUT2D eigenvalue weighted by molar-refractivity contribution is 5.94. The predicted molar refractivity (Wildman–Crippen MR) is 111 cm³/mol. The minimum Gasteiger partial charge on any atom is -0.396 e. The molecule has 2 aromatic rings. The minimum absolute atomic E-state index is 0.00353. The van der Waals surface area contributed by atoms with Gasteiger partial charge in [-0.05, 0) is 69.5 Å². The average molecular weight is 396 g/mol. The second-order valence-corrected chi connectivity index (χ2v) is 8.37. The number of nitrogens with zero attached hydrogens (tertiary/aromatic N) is 2. The number of benzene rings is 1. The number of aliphatic hydroxyl groups is 1. The first-order valence-electron chi connectivity index (χ1n) is 10.4. The van der Waals surface area contributed by atoms with Gasteiger partial charge in [-0.3, -0.25) is 9.59 Å². The van der Waals surface area contributed by atoms with E-state index in [2.05, 4.69) is 35.9 Å². The molecule has 154 valence electrons. The second kappa shape index (κ2) is 8.03. The van der Waals surface area contributed by atoms with Crippen molar-refractivity contribution in [2.45, 2.75) is 39.2 Å². The van der Waals surface area contributed by atoms with Crippen LogP contribution in [-0.2, 0) is 4.79 Å². The SMILES string of the molecule is Cc1ccc(C)n1-c1ccc(C(=O)N2CC[C@H](CO)[C@H](NC(=O)C3CC3)C2)cc1. The van der Waals surface area contributed by atoms with E-state index in [1.807, 2.05) is 24.3 Å². The maximum absolute atomic E-state index is 13.0. The maximum atomic E-state index is 13.0. The zero-order valence-electron chi connectivity index (χ0n) is 17.1. The van der Waals surface area contributed by atoms with Crippen LogP contribution in [0.2, 0.25) is 0 Å². The van der Waals surface area contributed by atoms with Gasteiger partial charge in [0.05, 0.1) is 6.04 Å². The molecule has 0 bridgehead atoms. The number of likely N-dealkylation sites (tertiary alicyclic amines) is 1. The number of carbonyl (C=O) groups is 2.